The largest absolute Gasteiger partial charge is 0.494 e. The molecular weight excluding hydrogens is 550 g/mol. The van der Waals surface area contributed by atoms with E-state index in [0.29, 0.717) is 12.3 Å². The number of carbonyl (C=O) groups excluding carboxylic acids is 3. The van der Waals surface area contributed by atoms with Crippen LogP contribution in [-0.2, 0) is 14.4 Å². The highest BCUT2D eigenvalue weighted by atomic mass is 32.2. The number of rotatable bonds is 9. The summed E-state index contributed by atoms with van der Waals surface area (Å²) in [5.41, 5.74) is 1.42. The lowest BCUT2D eigenvalue weighted by Gasteiger charge is -2.41. The van der Waals surface area contributed by atoms with Gasteiger partial charge in [-0.05, 0) is 61.9 Å². The fraction of sp³-hybridized carbons (Fsp3) is 0.545. The topological polar surface area (TPSA) is 108 Å². The fourth-order valence-electron chi connectivity index (χ4n) is 7.98. The quantitative estimate of drug-likeness (QED) is 0.395. The Balaban J connectivity index is 1.35. The normalized spacial score (nSPS) is 31.1. The molecule has 224 valence electrons. The van der Waals surface area contributed by atoms with Crippen LogP contribution < -0.4 is 15.4 Å². The van der Waals surface area contributed by atoms with Gasteiger partial charge in [0, 0.05) is 17.0 Å². The highest BCUT2D eigenvalue weighted by Gasteiger charge is 2.76. The number of nitrogens with one attached hydrogen (secondary N) is 2. The minimum Gasteiger partial charge on any atom is -0.494 e. The van der Waals surface area contributed by atoms with E-state index >= 15 is 0 Å². The number of hydrogen-bond acceptors (Lipinski definition) is 6. The Kier molecular flexibility index (Phi) is 8.24. The molecule has 1 spiro atoms. The first kappa shape index (κ1) is 29.1. The van der Waals surface area contributed by atoms with E-state index in [4.69, 9.17) is 4.74 Å². The molecule has 2 aromatic carbocycles. The van der Waals surface area contributed by atoms with Gasteiger partial charge in [-0.15, -0.1) is 11.8 Å². The molecule has 3 amide bonds. The number of ether oxygens (including phenoxy) is 1. The standard InChI is InChI=1S/C33H41N3O5S/c1-3-41-24-16-14-23(15-17-24)34-30(38)27-26-18-20(2)33(42-26)28(27)32(40)36(25(19-37)21-10-6-4-7-11-21)29(33)31(39)35-22-12-8-5-9-13-22/h4,6-7,10-11,14-17,20,22,25-29,37H,3,5,8-9,12-13,18-19H2,1-2H3,(H,34,38)(H,35,39)/t20?,25-,26-,27+,28+,29?,33?/m1/s1. The molecule has 4 fully saturated rings. The van der Waals surface area contributed by atoms with Crippen LogP contribution in [0.1, 0.15) is 64.0 Å². The molecule has 0 radical (unpaired) electrons. The van der Waals surface area contributed by atoms with Crippen LogP contribution in [0.15, 0.2) is 54.6 Å². The van der Waals surface area contributed by atoms with Gasteiger partial charge in [-0.3, -0.25) is 14.4 Å². The molecule has 2 aromatic rings. The summed E-state index contributed by atoms with van der Waals surface area (Å²) in [6, 6.07) is 15.3. The predicted octanol–water partition coefficient (Wildman–Crippen LogP) is 4.54. The third-order valence-electron chi connectivity index (χ3n) is 9.81. The lowest BCUT2D eigenvalue weighted by molar-refractivity contribution is -0.142. The number of aliphatic hydroxyl groups excluding tert-OH is 1. The van der Waals surface area contributed by atoms with Crippen LogP contribution in [0.4, 0.5) is 5.69 Å². The summed E-state index contributed by atoms with van der Waals surface area (Å²) < 4.78 is 4.79. The first-order valence-electron chi connectivity index (χ1n) is 15.4. The average molecular weight is 592 g/mol. The van der Waals surface area contributed by atoms with Crippen molar-refractivity contribution in [3.05, 3.63) is 60.2 Å². The zero-order valence-corrected chi connectivity index (χ0v) is 25.1. The van der Waals surface area contributed by atoms with Crippen molar-refractivity contribution in [1.29, 1.82) is 0 Å². The SMILES string of the molecule is CCOc1ccc(NC(=O)[C@@H]2[C@H]3C(=O)N([C@H](CO)c4ccccc4)C(C(=O)NC4CCCCC4)C34S[C@@H]2CC4C)cc1. The number of likely N-dealkylation sites (tertiary alicyclic amines) is 1. The monoisotopic (exact) mass is 591 g/mol. The highest BCUT2D eigenvalue weighted by molar-refractivity contribution is 8.02. The molecule has 3 aliphatic heterocycles. The van der Waals surface area contributed by atoms with Crippen LogP contribution in [0.5, 0.6) is 5.75 Å². The van der Waals surface area contributed by atoms with E-state index in [1.807, 2.05) is 61.5 Å². The highest BCUT2D eigenvalue weighted by Crippen LogP contribution is 2.69. The van der Waals surface area contributed by atoms with Gasteiger partial charge in [0.05, 0.1) is 35.8 Å². The Morgan fingerprint density at radius 1 is 1.07 bits per heavy atom. The van der Waals surface area contributed by atoms with Gasteiger partial charge < -0.3 is 25.4 Å². The number of thioether (sulfide) groups is 1. The molecule has 42 heavy (non-hydrogen) atoms. The van der Waals surface area contributed by atoms with Gasteiger partial charge in [-0.25, -0.2) is 0 Å². The Morgan fingerprint density at radius 3 is 2.45 bits per heavy atom. The van der Waals surface area contributed by atoms with E-state index in [2.05, 4.69) is 17.6 Å². The minimum absolute atomic E-state index is 0.0539. The number of nitrogens with zero attached hydrogens (tertiary/aromatic N) is 1. The van der Waals surface area contributed by atoms with Crippen molar-refractivity contribution in [3.63, 3.8) is 0 Å². The van der Waals surface area contributed by atoms with Crippen molar-refractivity contribution in [3.8, 4) is 5.75 Å². The minimum atomic E-state index is -0.775. The number of amides is 3. The van der Waals surface area contributed by atoms with Crippen molar-refractivity contribution in [2.24, 2.45) is 17.8 Å². The van der Waals surface area contributed by atoms with Crippen molar-refractivity contribution >= 4 is 35.2 Å². The number of hydrogen-bond donors (Lipinski definition) is 3. The summed E-state index contributed by atoms with van der Waals surface area (Å²) in [6.45, 7) is 4.29. The summed E-state index contributed by atoms with van der Waals surface area (Å²) in [4.78, 5) is 44.5. The number of anilines is 1. The van der Waals surface area contributed by atoms with Gasteiger partial charge in [0.25, 0.3) is 0 Å². The van der Waals surface area contributed by atoms with Gasteiger partial charge in [0.15, 0.2) is 0 Å². The molecule has 1 aliphatic carbocycles. The lowest BCUT2D eigenvalue weighted by atomic mass is 9.65. The Bertz CT molecular complexity index is 1300. The van der Waals surface area contributed by atoms with Crippen LogP contribution in [0.25, 0.3) is 0 Å². The third kappa shape index (κ3) is 4.88. The first-order chi connectivity index (χ1) is 20.4. The zero-order valence-electron chi connectivity index (χ0n) is 24.3. The molecule has 9 heteroatoms. The molecule has 1 saturated carbocycles. The van der Waals surface area contributed by atoms with Gasteiger partial charge in [0.2, 0.25) is 17.7 Å². The molecule has 2 bridgehead atoms. The van der Waals surface area contributed by atoms with Crippen LogP contribution in [-0.4, -0.2) is 63.0 Å². The zero-order chi connectivity index (χ0) is 29.4. The fourth-order valence-corrected chi connectivity index (χ4v) is 10.4. The van der Waals surface area contributed by atoms with Crippen LogP contribution >= 0.6 is 11.8 Å². The molecule has 3 unspecified atom stereocenters. The molecule has 0 aromatic heterocycles. The molecule has 6 rings (SSSR count). The van der Waals surface area contributed by atoms with E-state index in [-0.39, 0.29) is 41.5 Å². The summed E-state index contributed by atoms with van der Waals surface area (Å²) in [6.07, 6.45) is 5.96. The lowest BCUT2D eigenvalue weighted by Crippen LogP contribution is -2.58. The molecule has 3 heterocycles. The van der Waals surface area contributed by atoms with Gasteiger partial charge in [-0.2, -0.15) is 0 Å². The number of fused-ring (bicyclic) bond motifs is 1. The Labute approximate surface area is 252 Å². The Morgan fingerprint density at radius 2 is 1.79 bits per heavy atom. The van der Waals surface area contributed by atoms with Crippen LogP contribution in [0.2, 0.25) is 0 Å². The van der Waals surface area contributed by atoms with E-state index in [0.717, 1.165) is 43.4 Å². The number of carbonyl (C=O) groups is 3. The second kappa shape index (κ2) is 11.9. The summed E-state index contributed by atoms with van der Waals surface area (Å²) >= 11 is 1.66. The maximum Gasteiger partial charge on any atom is 0.244 e. The van der Waals surface area contributed by atoms with Crippen LogP contribution in [0.3, 0.4) is 0 Å². The third-order valence-corrected chi connectivity index (χ3v) is 11.9. The molecule has 3 N–H and O–H groups in total. The smallest absolute Gasteiger partial charge is 0.244 e. The molecular formula is C33H41N3O5S. The summed E-state index contributed by atoms with van der Waals surface area (Å²) in [5.74, 6) is -1.01. The van der Waals surface area contributed by atoms with E-state index in [1.54, 1.807) is 16.7 Å². The first-order valence-corrected chi connectivity index (χ1v) is 16.3. The molecule has 3 saturated heterocycles. The summed E-state index contributed by atoms with van der Waals surface area (Å²) in [7, 11) is 0. The van der Waals surface area contributed by atoms with E-state index < -0.39 is 28.7 Å². The van der Waals surface area contributed by atoms with Crippen molar-refractivity contribution in [2.75, 3.05) is 18.5 Å². The maximum atomic E-state index is 14.6. The van der Waals surface area contributed by atoms with E-state index in [9.17, 15) is 19.5 Å². The summed E-state index contributed by atoms with van der Waals surface area (Å²) in [5, 5.41) is 17.0. The van der Waals surface area contributed by atoms with Gasteiger partial charge in [-0.1, -0.05) is 56.5 Å². The van der Waals surface area contributed by atoms with Gasteiger partial charge >= 0.3 is 0 Å². The predicted molar refractivity (Wildman–Crippen MR) is 163 cm³/mol. The molecule has 4 aliphatic rings. The van der Waals surface area contributed by atoms with Crippen molar-refractivity contribution in [2.45, 2.75) is 80.5 Å². The number of aliphatic hydroxyl groups is 1. The second-order valence-electron chi connectivity index (χ2n) is 12.2. The average Bonchev–Trinajstić information content (AvgIpc) is 3.59. The van der Waals surface area contributed by atoms with E-state index in [1.165, 1.54) is 6.42 Å². The second-order valence-corrected chi connectivity index (χ2v) is 13.7. The van der Waals surface area contributed by atoms with Gasteiger partial charge in [0.1, 0.15) is 11.8 Å². The van der Waals surface area contributed by atoms with Crippen LogP contribution in [0, 0.1) is 17.8 Å². The molecule has 8 nitrogen and oxygen atoms in total. The molecule has 7 atom stereocenters. The maximum absolute atomic E-state index is 14.6. The van der Waals surface area contributed by atoms with Crippen molar-refractivity contribution in [1.82, 2.24) is 10.2 Å². The number of benzene rings is 2. The Hall–Kier alpha value is -3.04. The van der Waals surface area contributed by atoms with Crippen molar-refractivity contribution < 1.29 is 24.2 Å².